The molecule has 0 aromatic heterocycles. The Morgan fingerprint density at radius 3 is 2.29 bits per heavy atom. The fourth-order valence-corrected chi connectivity index (χ4v) is 5.06. The highest BCUT2D eigenvalue weighted by Crippen LogP contribution is 2.45. The van der Waals surface area contributed by atoms with Gasteiger partial charge in [0.05, 0.1) is 0 Å². The van der Waals surface area contributed by atoms with Crippen molar-refractivity contribution >= 4 is 11.7 Å². The Morgan fingerprint density at radius 2 is 1.68 bits per heavy atom. The summed E-state index contributed by atoms with van der Waals surface area (Å²) in [7, 11) is 0. The van der Waals surface area contributed by atoms with E-state index < -0.39 is 5.97 Å². The molecule has 4 heteroatoms. The predicted molar refractivity (Wildman–Crippen MR) is 116 cm³/mol. The van der Waals surface area contributed by atoms with E-state index in [1.54, 1.807) is 5.56 Å². The predicted octanol–water partition coefficient (Wildman–Crippen LogP) is 4.99. The SMILES string of the molecule is CC(C)(C)C1CCC(c2ccccc2N2CCN(CCCC(=O)O)CC2)CC1. The Kier molecular flexibility index (Phi) is 7.03. The second kappa shape index (κ2) is 9.30. The number of benzene rings is 1. The molecule has 1 heterocycles. The number of rotatable bonds is 6. The van der Waals surface area contributed by atoms with Crippen molar-refractivity contribution < 1.29 is 9.90 Å². The Balaban J connectivity index is 1.57. The van der Waals surface area contributed by atoms with Gasteiger partial charge in [0.2, 0.25) is 0 Å². The lowest BCUT2D eigenvalue weighted by atomic mass is 9.68. The number of hydrogen-bond acceptors (Lipinski definition) is 3. The molecule has 2 fully saturated rings. The average molecular weight is 387 g/mol. The molecular formula is C24H38N2O2. The van der Waals surface area contributed by atoms with Crippen molar-refractivity contribution in [2.75, 3.05) is 37.6 Å². The fraction of sp³-hybridized carbons (Fsp3) is 0.708. The first-order chi connectivity index (χ1) is 13.3. The summed E-state index contributed by atoms with van der Waals surface area (Å²) in [6, 6.07) is 9.05. The van der Waals surface area contributed by atoms with Crippen molar-refractivity contribution in [3.63, 3.8) is 0 Å². The molecule has 1 aliphatic heterocycles. The van der Waals surface area contributed by atoms with E-state index in [9.17, 15) is 4.79 Å². The number of nitrogens with zero attached hydrogens (tertiary/aromatic N) is 2. The maximum Gasteiger partial charge on any atom is 0.303 e. The minimum Gasteiger partial charge on any atom is -0.481 e. The van der Waals surface area contributed by atoms with Crippen LogP contribution in [0.5, 0.6) is 0 Å². The van der Waals surface area contributed by atoms with E-state index in [2.05, 4.69) is 54.8 Å². The summed E-state index contributed by atoms with van der Waals surface area (Å²) in [6.45, 7) is 12.2. The van der Waals surface area contributed by atoms with Crippen LogP contribution in [0.15, 0.2) is 24.3 Å². The summed E-state index contributed by atoms with van der Waals surface area (Å²) in [6.07, 6.45) is 6.35. The van der Waals surface area contributed by atoms with Crippen LogP contribution in [-0.4, -0.2) is 48.7 Å². The molecule has 0 atom stereocenters. The summed E-state index contributed by atoms with van der Waals surface area (Å²) in [5.74, 6) is 0.863. The van der Waals surface area contributed by atoms with E-state index in [1.807, 2.05) is 0 Å². The van der Waals surface area contributed by atoms with Crippen molar-refractivity contribution in [1.82, 2.24) is 4.90 Å². The minimum atomic E-state index is -0.686. The molecule has 1 N–H and O–H groups in total. The molecule has 1 aromatic rings. The lowest BCUT2D eigenvalue weighted by Crippen LogP contribution is -2.47. The number of carboxylic acids is 1. The highest BCUT2D eigenvalue weighted by atomic mass is 16.4. The highest BCUT2D eigenvalue weighted by molar-refractivity contribution is 5.66. The standard InChI is InChI=1S/C24H38N2O2/c1-24(2,3)20-12-10-19(11-13-20)21-7-4-5-8-22(21)26-17-15-25(16-18-26)14-6-9-23(27)28/h4-5,7-8,19-20H,6,9-18H2,1-3H3,(H,27,28). The normalized spacial score (nSPS) is 24.3. The van der Waals surface area contributed by atoms with E-state index >= 15 is 0 Å². The van der Waals surface area contributed by atoms with Crippen LogP contribution >= 0.6 is 0 Å². The van der Waals surface area contributed by atoms with Crippen LogP contribution in [0.3, 0.4) is 0 Å². The first-order valence-corrected chi connectivity index (χ1v) is 11.1. The van der Waals surface area contributed by atoms with Gasteiger partial charge in [0.1, 0.15) is 0 Å². The van der Waals surface area contributed by atoms with Gasteiger partial charge in [-0.1, -0.05) is 39.0 Å². The van der Waals surface area contributed by atoms with E-state index in [4.69, 9.17) is 5.11 Å². The Hall–Kier alpha value is -1.55. The van der Waals surface area contributed by atoms with Crippen molar-refractivity contribution in [2.45, 2.75) is 65.2 Å². The van der Waals surface area contributed by atoms with Gasteiger partial charge in [-0.3, -0.25) is 9.69 Å². The monoisotopic (exact) mass is 386 g/mol. The molecule has 1 aromatic carbocycles. The lowest BCUT2D eigenvalue weighted by Gasteiger charge is -2.40. The van der Waals surface area contributed by atoms with Crippen LogP contribution in [0.2, 0.25) is 0 Å². The van der Waals surface area contributed by atoms with Crippen LogP contribution in [0.4, 0.5) is 5.69 Å². The van der Waals surface area contributed by atoms with Crippen LogP contribution < -0.4 is 4.90 Å². The molecule has 1 saturated carbocycles. The Bertz CT molecular complexity index is 636. The van der Waals surface area contributed by atoms with E-state index in [0.717, 1.165) is 45.1 Å². The van der Waals surface area contributed by atoms with Crippen molar-refractivity contribution in [1.29, 1.82) is 0 Å². The number of carbonyl (C=O) groups is 1. The number of aliphatic carboxylic acids is 1. The molecule has 1 aliphatic carbocycles. The number of hydrogen-bond donors (Lipinski definition) is 1. The van der Waals surface area contributed by atoms with Gasteiger partial charge >= 0.3 is 5.97 Å². The molecule has 28 heavy (non-hydrogen) atoms. The van der Waals surface area contributed by atoms with E-state index in [-0.39, 0.29) is 6.42 Å². The van der Waals surface area contributed by atoms with Crippen molar-refractivity contribution in [3.05, 3.63) is 29.8 Å². The second-order valence-electron chi connectivity index (χ2n) is 9.80. The summed E-state index contributed by atoms with van der Waals surface area (Å²) in [5, 5.41) is 8.82. The van der Waals surface area contributed by atoms with Gasteiger partial charge in [-0.15, -0.1) is 0 Å². The van der Waals surface area contributed by atoms with Gasteiger partial charge < -0.3 is 10.0 Å². The van der Waals surface area contributed by atoms with Crippen LogP contribution in [0.1, 0.15) is 70.8 Å². The maximum absolute atomic E-state index is 10.7. The van der Waals surface area contributed by atoms with Gasteiger partial charge in [-0.05, 0) is 67.5 Å². The van der Waals surface area contributed by atoms with E-state index in [1.165, 1.54) is 31.4 Å². The number of carboxylic acid groups (broad SMARTS) is 1. The van der Waals surface area contributed by atoms with Gasteiger partial charge in [0, 0.05) is 38.3 Å². The second-order valence-corrected chi connectivity index (χ2v) is 9.80. The molecule has 0 unspecified atom stereocenters. The zero-order valence-corrected chi connectivity index (χ0v) is 18.0. The maximum atomic E-state index is 10.7. The first-order valence-electron chi connectivity index (χ1n) is 11.1. The van der Waals surface area contributed by atoms with Gasteiger partial charge in [0.25, 0.3) is 0 Å². The smallest absolute Gasteiger partial charge is 0.303 e. The molecule has 156 valence electrons. The zero-order chi connectivity index (χ0) is 20.1. The van der Waals surface area contributed by atoms with Gasteiger partial charge in [-0.25, -0.2) is 0 Å². The van der Waals surface area contributed by atoms with E-state index in [0.29, 0.717) is 11.3 Å². The van der Waals surface area contributed by atoms with Crippen LogP contribution in [0.25, 0.3) is 0 Å². The molecule has 0 radical (unpaired) electrons. The molecule has 0 bridgehead atoms. The van der Waals surface area contributed by atoms with Gasteiger partial charge in [0.15, 0.2) is 0 Å². The third kappa shape index (κ3) is 5.50. The first kappa shape index (κ1) is 21.2. The molecule has 1 saturated heterocycles. The van der Waals surface area contributed by atoms with Crippen LogP contribution in [-0.2, 0) is 4.79 Å². The third-order valence-electron chi connectivity index (χ3n) is 6.91. The molecular weight excluding hydrogens is 348 g/mol. The number of para-hydroxylation sites is 1. The molecule has 0 spiro atoms. The highest BCUT2D eigenvalue weighted by Gasteiger charge is 2.31. The quantitative estimate of drug-likeness (QED) is 0.748. The van der Waals surface area contributed by atoms with Crippen LogP contribution in [0, 0.1) is 11.3 Å². The molecule has 4 nitrogen and oxygen atoms in total. The summed E-state index contributed by atoms with van der Waals surface area (Å²) >= 11 is 0. The molecule has 3 rings (SSSR count). The Labute approximate surface area is 170 Å². The number of anilines is 1. The summed E-state index contributed by atoms with van der Waals surface area (Å²) in [5.41, 5.74) is 3.42. The van der Waals surface area contributed by atoms with Crippen molar-refractivity contribution in [2.24, 2.45) is 11.3 Å². The summed E-state index contributed by atoms with van der Waals surface area (Å²) < 4.78 is 0. The minimum absolute atomic E-state index is 0.278. The summed E-state index contributed by atoms with van der Waals surface area (Å²) in [4.78, 5) is 15.7. The van der Waals surface area contributed by atoms with Crippen molar-refractivity contribution in [3.8, 4) is 0 Å². The average Bonchev–Trinajstić information content (AvgIpc) is 2.68. The molecule has 0 amide bonds. The zero-order valence-electron chi connectivity index (χ0n) is 18.0. The largest absolute Gasteiger partial charge is 0.481 e. The number of piperazine rings is 1. The topological polar surface area (TPSA) is 43.8 Å². The molecule has 2 aliphatic rings. The third-order valence-corrected chi connectivity index (χ3v) is 6.91. The van der Waals surface area contributed by atoms with Gasteiger partial charge in [-0.2, -0.15) is 0 Å². The lowest BCUT2D eigenvalue weighted by molar-refractivity contribution is -0.137. The Morgan fingerprint density at radius 1 is 1.04 bits per heavy atom. The fourth-order valence-electron chi connectivity index (χ4n) is 5.06.